The molecule has 3 aromatic rings. The molecule has 2 aromatic carbocycles. The second-order valence-electron chi connectivity index (χ2n) is 7.45. The van der Waals surface area contributed by atoms with Gasteiger partial charge in [0, 0.05) is 24.5 Å². The number of aromatic hydroxyl groups is 1. The number of amides is 1. The van der Waals surface area contributed by atoms with Crippen LogP contribution in [0.5, 0.6) is 17.2 Å². The zero-order valence-corrected chi connectivity index (χ0v) is 18.1. The van der Waals surface area contributed by atoms with Crippen molar-refractivity contribution in [1.82, 2.24) is 9.88 Å². The Morgan fingerprint density at radius 1 is 1.06 bits per heavy atom. The van der Waals surface area contributed by atoms with E-state index in [1.165, 1.54) is 25.2 Å². The number of benzene rings is 2. The van der Waals surface area contributed by atoms with E-state index in [0.29, 0.717) is 16.9 Å². The van der Waals surface area contributed by atoms with E-state index in [2.05, 4.69) is 4.98 Å². The number of aliphatic hydroxyl groups excluding tert-OH is 1. The molecule has 0 saturated carbocycles. The van der Waals surface area contributed by atoms with E-state index < -0.39 is 17.7 Å². The monoisotopic (exact) mass is 446 g/mol. The van der Waals surface area contributed by atoms with Crippen LogP contribution in [0.3, 0.4) is 0 Å². The number of phenols is 1. The summed E-state index contributed by atoms with van der Waals surface area (Å²) >= 11 is 0. The van der Waals surface area contributed by atoms with Gasteiger partial charge in [0.25, 0.3) is 11.7 Å². The highest BCUT2D eigenvalue weighted by Gasteiger charge is 2.46. The molecule has 0 aliphatic carbocycles. The van der Waals surface area contributed by atoms with Crippen LogP contribution in [0.1, 0.15) is 22.7 Å². The van der Waals surface area contributed by atoms with Crippen molar-refractivity contribution in [3.05, 3.63) is 89.3 Å². The number of ether oxygens (including phenoxy) is 2. The first-order valence-electron chi connectivity index (χ1n) is 10.1. The van der Waals surface area contributed by atoms with E-state index in [1.54, 1.807) is 60.9 Å². The van der Waals surface area contributed by atoms with Crippen molar-refractivity contribution in [1.29, 1.82) is 0 Å². The number of ketones is 1. The lowest BCUT2D eigenvalue weighted by Crippen LogP contribution is -2.29. The summed E-state index contributed by atoms with van der Waals surface area (Å²) in [4.78, 5) is 31.7. The number of likely N-dealkylation sites (tertiary alicyclic amines) is 1. The minimum atomic E-state index is -0.911. The van der Waals surface area contributed by atoms with Crippen LogP contribution >= 0.6 is 0 Å². The normalized spacial score (nSPS) is 17.3. The van der Waals surface area contributed by atoms with Crippen molar-refractivity contribution in [2.24, 2.45) is 0 Å². The first kappa shape index (κ1) is 21.9. The molecule has 2 heterocycles. The Hall–Kier alpha value is -4.33. The fourth-order valence-electron chi connectivity index (χ4n) is 3.87. The van der Waals surface area contributed by atoms with Crippen LogP contribution in [0.4, 0.5) is 0 Å². The van der Waals surface area contributed by atoms with Crippen molar-refractivity contribution in [2.75, 3.05) is 14.2 Å². The van der Waals surface area contributed by atoms with Crippen LogP contribution in [-0.4, -0.2) is 46.0 Å². The molecule has 8 heteroatoms. The maximum atomic E-state index is 13.1. The van der Waals surface area contributed by atoms with E-state index in [1.807, 2.05) is 0 Å². The largest absolute Gasteiger partial charge is 0.507 e. The highest BCUT2D eigenvalue weighted by molar-refractivity contribution is 6.46. The van der Waals surface area contributed by atoms with Gasteiger partial charge in [-0.25, -0.2) is 0 Å². The van der Waals surface area contributed by atoms with Gasteiger partial charge in [-0.2, -0.15) is 0 Å². The maximum Gasteiger partial charge on any atom is 0.295 e. The molecular formula is C25H22N2O6. The molecule has 1 saturated heterocycles. The lowest BCUT2D eigenvalue weighted by atomic mass is 9.94. The summed E-state index contributed by atoms with van der Waals surface area (Å²) < 4.78 is 10.4. The summed E-state index contributed by atoms with van der Waals surface area (Å²) in [6.07, 6.45) is 3.22. The van der Waals surface area contributed by atoms with E-state index in [4.69, 9.17) is 9.47 Å². The van der Waals surface area contributed by atoms with Crippen molar-refractivity contribution in [3.63, 3.8) is 0 Å². The number of rotatable bonds is 6. The first-order chi connectivity index (χ1) is 15.9. The van der Waals surface area contributed by atoms with Gasteiger partial charge in [0.2, 0.25) is 0 Å². The molecule has 8 nitrogen and oxygen atoms in total. The summed E-state index contributed by atoms with van der Waals surface area (Å²) in [5.41, 5.74) is 1.49. The van der Waals surface area contributed by atoms with E-state index in [-0.39, 0.29) is 29.4 Å². The van der Waals surface area contributed by atoms with Gasteiger partial charge in [0.1, 0.15) is 11.5 Å². The lowest BCUT2D eigenvalue weighted by Gasteiger charge is -2.25. The summed E-state index contributed by atoms with van der Waals surface area (Å²) in [6.45, 7) is 0.0984. The van der Waals surface area contributed by atoms with Crippen LogP contribution in [0.2, 0.25) is 0 Å². The van der Waals surface area contributed by atoms with Crippen molar-refractivity contribution >= 4 is 17.4 Å². The van der Waals surface area contributed by atoms with Crippen LogP contribution in [0.15, 0.2) is 72.6 Å². The fourth-order valence-corrected chi connectivity index (χ4v) is 3.87. The average molecular weight is 446 g/mol. The minimum absolute atomic E-state index is 0.0649. The molecule has 1 aliphatic heterocycles. The van der Waals surface area contributed by atoms with Crippen molar-refractivity contribution < 1.29 is 29.3 Å². The van der Waals surface area contributed by atoms with E-state index in [9.17, 15) is 19.8 Å². The molecular weight excluding hydrogens is 424 g/mol. The highest BCUT2D eigenvalue weighted by atomic mass is 16.5. The van der Waals surface area contributed by atoms with Gasteiger partial charge in [0.05, 0.1) is 25.8 Å². The van der Waals surface area contributed by atoms with Crippen LogP contribution in [0, 0.1) is 0 Å². The number of methoxy groups -OCH3 is 2. The predicted octanol–water partition coefficient (Wildman–Crippen LogP) is 3.43. The van der Waals surface area contributed by atoms with Crippen molar-refractivity contribution in [2.45, 2.75) is 12.6 Å². The second-order valence-corrected chi connectivity index (χ2v) is 7.45. The Bertz CT molecular complexity index is 1240. The number of nitrogens with zero attached hydrogens (tertiary/aromatic N) is 2. The van der Waals surface area contributed by atoms with Gasteiger partial charge in [-0.1, -0.05) is 24.3 Å². The van der Waals surface area contributed by atoms with E-state index in [0.717, 1.165) is 5.56 Å². The Balaban J connectivity index is 1.90. The molecule has 168 valence electrons. The maximum absolute atomic E-state index is 13.1. The molecule has 1 aromatic heterocycles. The molecule has 2 N–H and O–H groups in total. The standard InChI is InChI=1S/C25H22N2O6/c1-32-18-7-3-6-17(11-18)23(29)21-22(16-8-9-19(28)20(12-16)33-2)27(25(31)24(21)30)14-15-5-4-10-26-13-15/h3-13,22,28-29H,14H2,1-2H3/b23-21-. The van der Waals surface area contributed by atoms with Crippen molar-refractivity contribution in [3.8, 4) is 17.2 Å². The molecule has 1 fully saturated rings. The molecule has 1 amide bonds. The number of carbonyl (C=O) groups excluding carboxylic acids is 2. The predicted molar refractivity (Wildman–Crippen MR) is 120 cm³/mol. The Morgan fingerprint density at radius 3 is 2.58 bits per heavy atom. The average Bonchev–Trinajstić information content (AvgIpc) is 3.09. The molecule has 4 rings (SSSR count). The number of aliphatic hydroxyl groups is 1. The van der Waals surface area contributed by atoms with Gasteiger partial charge in [-0.3, -0.25) is 14.6 Å². The number of carbonyl (C=O) groups is 2. The molecule has 0 radical (unpaired) electrons. The zero-order chi connectivity index (χ0) is 23.5. The minimum Gasteiger partial charge on any atom is -0.507 e. The summed E-state index contributed by atoms with van der Waals surface area (Å²) in [6, 6.07) is 13.8. The fraction of sp³-hybridized carbons (Fsp3) is 0.160. The van der Waals surface area contributed by atoms with Gasteiger partial charge < -0.3 is 24.6 Å². The van der Waals surface area contributed by atoms with Crippen LogP contribution in [0.25, 0.3) is 5.76 Å². The molecule has 0 bridgehead atoms. The Kier molecular flexibility index (Phi) is 5.99. The molecule has 33 heavy (non-hydrogen) atoms. The third-order valence-electron chi connectivity index (χ3n) is 5.48. The Morgan fingerprint density at radius 2 is 1.88 bits per heavy atom. The molecule has 1 aliphatic rings. The first-order valence-corrected chi connectivity index (χ1v) is 10.1. The smallest absolute Gasteiger partial charge is 0.295 e. The number of aromatic nitrogens is 1. The summed E-state index contributed by atoms with van der Waals surface area (Å²) in [5.74, 6) is -1.29. The number of hydrogen-bond donors (Lipinski definition) is 2. The zero-order valence-electron chi connectivity index (χ0n) is 18.1. The topological polar surface area (TPSA) is 109 Å². The summed E-state index contributed by atoms with van der Waals surface area (Å²) in [7, 11) is 2.90. The van der Waals surface area contributed by atoms with Gasteiger partial charge in [-0.05, 0) is 41.5 Å². The van der Waals surface area contributed by atoms with Gasteiger partial charge in [-0.15, -0.1) is 0 Å². The van der Waals surface area contributed by atoms with Gasteiger partial charge >= 0.3 is 0 Å². The number of Topliss-reactive ketones (excluding diaryl/α,β-unsaturated/α-hetero) is 1. The number of hydrogen-bond acceptors (Lipinski definition) is 7. The third kappa shape index (κ3) is 4.10. The third-order valence-corrected chi connectivity index (χ3v) is 5.48. The van der Waals surface area contributed by atoms with Gasteiger partial charge in [0.15, 0.2) is 11.5 Å². The van der Waals surface area contributed by atoms with E-state index >= 15 is 0 Å². The molecule has 0 spiro atoms. The number of pyridine rings is 1. The second kappa shape index (κ2) is 9.04. The SMILES string of the molecule is COc1cccc(/C(O)=C2/C(=O)C(=O)N(Cc3cccnc3)C2c2ccc(O)c(OC)c2)c1. The quantitative estimate of drug-likeness (QED) is 0.339. The van der Waals surface area contributed by atoms with Crippen LogP contribution in [-0.2, 0) is 16.1 Å². The number of phenolic OH excluding ortho intramolecular Hbond substituents is 1. The highest BCUT2D eigenvalue weighted by Crippen LogP contribution is 2.42. The lowest BCUT2D eigenvalue weighted by molar-refractivity contribution is -0.140. The Labute approximate surface area is 190 Å². The molecule has 1 unspecified atom stereocenters. The molecule has 1 atom stereocenters. The summed E-state index contributed by atoms with van der Waals surface area (Å²) in [5, 5.41) is 21.2. The van der Waals surface area contributed by atoms with Crippen LogP contribution < -0.4 is 9.47 Å².